The smallest absolute Gasteiger partial charge is 0.269 e. The molecule has 0 saturated carbocycles. The number of anilines is 1. The average Bonchev–Trinajstić information content (AvgIpc) is 2.62. The van der Waals surface area contributed by atoms with Gasteiger partial charge >= 0.3 is 0 Å². The van der Waals surface area contributed by atoms with Crippen LogP contribution in [-0.2, 0) is 12.8 Å². The third-order valence-corrected chi connectivity index (χ3v) is 4.95. The van der Waals surface area contributed by atoms with E-state index in [1.54, 1.807) is 12.1 Å². The van der Waals surface area contributed by atoms with Crippen molar-refractivity contribution >= 4 is 11.4 Å². The lowest BCUT2D eigenvalue weighted by molar-refractivity contribution is -0.384. The van der Waals surface area contributed by atoms with Gasteiger partial charge in [-0.3, -0.25) is 10.1 Å². The van der Waals surface area contributed by atoms with Gasteiger partial charge in [0.25, 0.3) is 5.69 Å². The predicted molar refractivity (Wildman–Crippen MR) is 98.3 cm³/mol. The molecule has 2 N–H and O–H groups in total. The number of hydrogen-bond donors (Lipinski definition) is 1. The first-order chi connectivity index (χ1) is 12.6. The maximum Gasteiger partial charge on any atom is 0.269 e. The Morgan fingerprint density at radius 3 is 2.04 bits per heavy atom. The van der Waals surface area contributed by atoms with Gasteiger partial charge in [0.2, 0.25) is 0 Å². The van der Waals surface area contributed by atoms with Crippen LogP contribution in [0.5, 0.6) is 0 Å². The maximum atomic E-state index is 10.9. The summed E-state index contributed by atoms with van der Waals surface area (Å²) >= 11 is 0. The number of hydrogen-bond acceptors (Lipinski definition) is 5. The fourth-order valence-electron chi connectivity index (χ4n) is 3.70. The molecule has 0 atom stereocenters. The lowest BCUT2D eigenvalue weighted by Gasteiger charge is -2.22. The summed E-state index contributed by atoms with van der Waals surface area (Å²) in [6, 6.07) is 10.5. The van der Waals surface area contributed by atoms with Crippen molar-refractivity contribution in [2.75, 3.05) is 5.73 Å². The lowest BCUT2D eigenvalue weighted by Crippen LogP contribution is -2.10. The van der Waals surface area contributed by atoms with Gasteiger partial charge in [0.15, 0.2) is 0 Å². The number of nitro benzene ring substituents is 1. The second-order valence-electron chi connectivity index (χ2n) is 6.44. The van der Waals surface area contributed by atoms with E-state index in [9.17, 15) is 20.6 Å². The van der Waals surface area contributed by atoms with Gasteiger partial charge in [0.05, 0.1) is 21.7 Å². The second-order valence-corrected chi connectivity index (χ2v) is 6.44. The quantitative estimate of drug-likeness (QED) is 0.495. The van der Waals surface area contributed by atoms with Gasteiger partial charge in [-0.05, 0) is 54.5 Å². The second kappa shape index (κ2) is 7.25. The number of fused-ring (bicyclic) bond motifs is 1. The molecular weight excluding hydrogens is 328 g/mol. The van der Waals surface area contributed by atoms with E-state index in [1.165, 1.54) is 12.1 Å². The molecule has 130 valence electrons. The van der Waals surface area contributed by atoms with Crippen LogP contribution in [0.2, 0.25) is 0 Å². The Morgan fingerprint density at radius 1 is 0.923 bits per heavy atom. The van der Waals surface area contributed by atoms with Crippen molar-refractivity contribution < 1.29 is 4.92 Å². The molecule has 0 aromatic heterocycles. The van der Waals surface area contributed by atoms with Gasteiger partial charge in [-0.2, -0.15) is 10.5 Å². The van der Waals surface area contributed by atoms with E-state index in [-0.39, 0.29) is 16.9 Å². The number of nitrogen functional groups attached to an aromatic ring is 1. The van der Waals surface area contributed by atoms with Crippen molar-refractivity contribution in [2.24, 2.45) is 0 Å². The molecule has 0 unspecified atom stereocenters. The molecule has 1 aliphatic carbocycles. The van der Waals surface area contributed by atoms with E-state index in [2.05, 4.69) is 12.1 Å². The summed E-state index contributed by atoms with van der Waals surface area (Å²) in [7, 11) is 0. The fourth-order valence-corrected chi connectivity index (χ4v) is 3.70. The summed E-state index contributed by atoms with van der Waals surface area (Å²) in [6.45, 7) is 0. The molecule has 0 saturated heterocycles. The highest BCUT2D eigenvalue weighted by atomic mass is 16.6. The first kappa shape index (κ1) is 17.4. The minimum atomic E-state index is -0.452. The Bertz CT molecular complexity index is 950. The minimum absolute atomic E-state index is 0.00300. The van der Waals surface area contributed by atoms with Gasteiger partial charge in [-0.1, -0.05) is 12.8 Å². The summed E-state index contributed by atoms with van der Waals surface area (Å²) < 4.78 is 0. The van der Waals surface area contributed by atoms with Gasteiger partial charge < -0.3 is 5.73 Å². The van der Waals surface area contributed by atoms with E-state index in [0.717, 1.165) is 60.8 Å². The molecule has 0 aliphatic heterocycles. The van der Waals surface area contributed by atoms with E-state index in [1.807, 2.05) is 0 Å². The van der Waals surface area contributed by atoms with Crippen molar-refractivity contribution in [3.05, 3.63) is 56.6 Å². The summed E-state index contributed by atoms with van der Waals surface area (Å²) in [5.41, 5.74) is 10.4. The molecule has 0 amide bonds. The van der Waals surface area contributed by atoms with Crippen molar-refractivity contribution in [1.29, 1.82) is 10.5 Å². The largest absolute Gasteiger partial charge is 0.397 e. The van der Waals surface area contributed by atoms with Gasteiger partial charge in [0.1, 0.15) is 12.1 Å². The highest BCUT2D eigenvalue weighted by molar-refractivity contribution is 5.85. The number of benzene rings is 2. The molecule has 0 bridgehead atoms. The molecule has 3 rings (SSSR count). The normalized spacial score (nSPS) is 13.6. The Hall–Kier alpha value is -3.38. The number of non-ortho nitro benzene ring substituents is 1. The highest BCUT2D eigenvalue weighted by Crippen LogP contribution is 2.39. The van der Waals surface area contributed by atoms with Crippen LogP contribution in [-0.4, -0.2) is 4.92 Å². The molecule has 0 spiro atoms. The van der Waals surface area contributed by atoms with Crippen LogP contribution in [0.15, 0.2) is 24.3 Å². The first-order valence-electron chi connectivity index (χ1n) is 8.60. The van der Waals surface area contributed by atoms with Crippen LogP contribution < -0.4 is 5.73 Å². The lowest BCUT2D eigenvalue weighted by atomic mass is 9.81. The third-order valence-electron chi connectivity index (χ3n) is 4.95. The standard InChI is InChI=1S/C20H18N4O2/c21-11-17-15-5-3-1-2-4-6-16(15)19(18(12-22)20(17)23)13-7-9-14(10-8-13)24(25)26/h7-10H,1-6,23H2. The molecule has 0 radical (unpaired) electrons. The van der Waals surface area contributed by atoms with Crippen LogP contribution >= 0.6 is 0 Å². The molecule has 2 aromatic carbocycles. The molecule has 0 heterocycles. The SMILES string of the molecule is N#Cc1c(N)c(C#N)c(-c2ccc([N+](=O)[O-])cc2)c2c1CCCCCC2. The Kier molecular flexibility index (Phi) is 4.86. The van der Waals surface area contributed by atoms with Crippen LogP contribution in [0, 0.1) is 32.8 Å². The Labute approximate surface area is 151 Å². The average molecular weight is 346 g/mol. The zero-order valence-corrected chi connectivity index (χ0v) is 14.3. The van der Waals surface area contributed by atoms with Crippen molar-refractivity contribution in [1.82, 2.24) is 0 Å². The van der Waals surface area contributed by atoms with Crippen molar-refractivity contribution in [2.45, 2.75) is 38.5 Å². The number of nitrogens with zero attached hydrogens (tertiary/aromatic N) is 3. The van der Waals surface area contributed by atoms with Gasteiger partial charge in [-0.15, -0.1) is 0 Å². The number of nitriles is 2. The minimum Gasteiger partial charge on any atom is -0.397 e. The zero-order chi connectivity index (χ0) is 18.7. The molecule has 2 aromatic rings. The van der Waals surface area contributed by atoms with Gasteiger partial charge in [0, 0.05) is 17.7 Å². The van der Waals surface area contributed by atoms with Crippen molar-refractivity contribution in [3.8, 4) is 23.3 Å². The fraction of sp³-hybridized carbons (Fsp3) is 0.300. The summed E-state index contributed by atoms with van der Waals surface area (Å²) in [6.07, 6.45) is 5.70. The van der Waals surface area contributed by atoms with Crippen LogP contribution in [0.3, 0.4) is 0 Å². The van der Waals surface area contributed by atoms with E-state index < -0.39 is 4.92 Å². The molecule has 26 heavy (non-hydrogen) atoms. The van der Waals surface area contributed by atoms with Crippen molar-refractivity contribution in [3.63, 3.8) is 0 Å². The Morgan fingerprint density at radius 2 is 1.50 bits per heavy atom. The number of nitrogens with two attached hydrogens (primary N) is 1. The molecule has 0 fully saturated rings. The van der Waals surface area contributed by atoms with E-state index in [0.29, 0.717) is 5.56 Å². The maximum absolute atomic E-state index is 10.9. The van der Waals surface area contributed by atoms with E-state index in [4.69, 9.17) is 5.73 Å². The van der Waals surface area contributed by atoms with E-state index >= 15 is 0 Å². The Balaban J connectivity index is 2.31. The highest BCUT2D eigenvalue weighted by Gasteiger charge is 2.24. The van der Waals surface area contributed by atoms with Crippen LogP contribution in [0.4, 0.5) is 11.4 Å². The summed E-state index contributed by atoms with van der Waals surface area (Å²) in [5, 5.41) is 30.2. The van der Waals surface area contributed by atoms with Gasteiger partial charge in [-0.25, -0.2) is 0 Å². The number of nitro groups is 1. The molecule has 6 nitrogen and oxygen atoms in total. The topological polar surface area (TPSA) is 117 Å². The molecule has 1 aliphatic rings. The number of rotatable bonds is 2. The third kappa shape index (κ3) is 2.98. The monoisotopic (exact) mass is 346 g/mol. The zero-order valence-electron chi connectivity index (χ0n) is 14.3. The summed E-state index contributed by atoms with van der Waals surface area (Å²) in [4.78, 5) is 10.5. The van der Waals surface area contributed by atoms with Crippen LogP contribution in [0.1, 0.15) is 47.9 Å². The summed E-state index contributed by atoms with van der Waals surface area (Å²) in [5.74, 6) is 0. The molecular formula is C20H18N4O2. The van der Waals surface area contributed by atoms with Crippen LogP contribution in [0.25, 0.3) is 11.1 Å². The predicted octanol–water partition coefficient (Wildman–Crippen LogP) is 4.25. The molecule has 6 heteroatoms. The first-order valence-corrected chi connectivity index (χ1v) is 8.60.